The van der Waals surface area contributed by atoms with Crippen LogP contribution in [0.4, 0.5) is 5.69 Å². The van der Waals surface area contributed by atoms with E-state index in [1.165, 1.54) is 23.1 Å². The van der Waals surface area contributed by atoms with Gasteiger partial charge in [0.2, 0.25) is 0 Å². The lowest BCUT2D eigenvalue weighted by Crippen LogP contribution is -1.85. The summed E-state index contributed by atoms with van der Waals surface area (Å²) in [6, 6.07) is 9.49. The molecule has 0 N–H and O–H groups in total. The molecule has 0 saturated heterocycles. The van der Waals surface area contributed by atoms with Crippen LogP contribution in [0.5, 0.6) is 0 Å². The summed E-state index contributed by atoms with van der Waals surface area (Å²) in [6.45, 7) is 2.01. The molecular formula is C11H9NO2S2. The molecule has 5 heteroatoms. The number of thiophene rings is 1. The third kappa shape index (κ3) is 2.43. The molecule has 0 saturated carbocycles. The maximum absolute atomic E-state index is 10.7. The monoisotopic (exact) mass is 251 g/mol. The molecule has 0 fully saturated rings. The summed E-state index contributed by atoms with van der Waals surface area (Å²) in [5.74, 6) is 0. The Bertz CT molecular complexity index is 522. The number of nitro groups is 1. The van der Waals surface area contributed by atoms with Gasteiger partial charge in [0.1, 0.15) is 4.21 Å². The SMILES string of the molecule is Cc1cccc(Sc2sccc2[N+](=O)[O-])c1. The first-order valence-corrected chi connectivity index (χ1v) is 6.33. The van der Waals surface area contributed by atoms with Gasteiger partial charge in [-0.2, -0.15) is 0 Å². The molecule has 3 nitrogen and oxygen atoms in total. The molecule has 0 radical (unpaired) electrons. The largest absolute Gasteiger partial charge is 0.294 e. The zero-order valence-corrected chi connectivity index (χ0v) is 10.2. The van der Waals surface area contributed by atoms with E-state index < -0.39 is 0 Å². The van der Waals surface area contributed by atoms with Crippen LogP contribution in [-0.4, -0.2) is 4.92 Å². The third-order valence-electron chi connectivity index (χ3n) is 2.01. The van der Waals surface area contributed by atoms with Crippen LogP contribution in [0.3, 0.4) is 0 Å². The summed E-state index contributed by atoms with van der Waals surface area (Å²) in [7, 11) is 0. The summed E-state index contributed by atoms with van der Waals surface area (Å²) in [5.41, 5.74) is 1.35. The van der Waals surface area contributed by atoms with Crippen molar-refractivity contribution in [1.29, 1.82) is 0 Å². The number of benzene rings is 1. The molecule has 82 valence electrons. The number of hydrogen-bond acceptors (Lipinski definition) is 4. The predicted molar refractivity (Wildman–Crippen MR) is 66.3 cm³/mol. The van der Waals surface area contributed by atoms with Crippen molar-refractivity contribution in [1.82, 2.24) is 0 Å². The molecule has 0 aliphatic heterocycles. The van der Waals surface area contributed by atoms with Gasteiger partial charge < -0.3 is 0 Å². The Morgan fingerprint density at radius 2 is 2.19 bits per heavy atom. The highest BCUT2D eigenvalue weighted by Gasteiger charge is 2.15. The minimum absolute atomic E-state index is 0.191. The van der Waals surface area contributed by atoms with Crippen molar-refractivity contribution in [2.75, 3.05) is 0 Å². The maximum Gasteiger partial charge on any atom is 0.294 e. The van der Waals surface area contributed by atoms with Crippen LogP contribution in [-0.2, 0) is 0 Å². The van der Waals surface area contributed by atoms with Gasteiger partial charge in [-0.05, 0) is 24.4 Å². The zero-order chi connectivity index (χ0) is 11.5. The third-order valence-corrected chi connectivity index (χ3v) is 4.13. The Morgan fingerprint density at radius 1 is 1.38 bits per heavy atom. The molecule has 0 spiro atoms. The maximum atomic E-state index is 10.7. The molecule has 0 atom stereocenters. The van der Waals surface area contributed by atoms with Gasteiger partial charge in [0.05, 0.1) is 4.92 Å². The van der Waals surface area contributed by atoms with E-state index >= 15 is 0 Å². The van der Waals surface area contributed by atoms with E-state index in [1.54, 1.807) is 11.4 Å². The van der Waals surface area contributed by atoms with Crippen molar-refractivity contribution < 1.29 is 4.92 Å². The van der Waals surface area contributed by atoms with Crippen molar-refractivity contribution in [2.24, 2.45) is 0 Å². The van der Waals surface area contributed by atoms with E-state index in [2.05, 4.69) is 0 Å². The summed E-state index contributed by atoms with van der Waals surface area (Å²) in [6.07, 6.45) is 0. The van der Waals surface area contributed by atoms with Crippen LogP contribution in [0.1, 0.15) is 5.56 Å². The summed E-state index contributed by atoms with van der Waals surface area (Å²) in [4.78, 5) is 11.4. The van der Waals surface area contributed by atoms with Gasteiger partial charge in [-0.25, -0.2) is 0 Å². The molecule has 0 aliphatic carbocycles. The number of hydrogen-bond donors (Lipinski definition) is 0. The molecule has 0 unspecified atom stereocenters. The van der Waals surface area contributed by atoms with E-state index in [-0.39, 0.29) is 10.6 Å². The van der Waals surface area contributed by atoms with Crippen molar-refractivity contribution in [3.63, 3.8) is 0 Å². The lowest BCUT2D eigenvalue weighted by atomic mass is 10.2. The molecule has 1 aromatic heterocycles. The fraction of sp³-hybridized carbons (Fsp3) is 0.0909. The Morgan fingerprint density at radius 3 is 2.88 bits per heavy atom. The van der Waals surface area contributed by atoms with E-state index in [9.17, 15) is 10.1 Å². The van der Waals surface area contributed by atoms with E-state index in [1.807, 2.05) is 31.2 Å². The molecule has 1 heterocycles. The Hall–Kier alpha value is -1.33. The van der Waals surface area contributed by atoms with Crippen LogP contribution >= 0.6 is 23.1 Å². The van der Waals surface area contributed by atoms with Crippen LogP contribution in [0.2, 0.25) is 0 Å². The van der Waals surface area contributed by atoms with Crippen LogP contribution in [0.15, 0.2) is 44.8 Å². The van der Waals surface area contributed by atoms with Crippen molar-refractivity contribution in [3.8, 4) is 0 Å². The standard InChI is InChI=1S/C11H9NO2S2/c1-8-3-2-4-9(7-8)16-11-10(12(13)14)5-6-15-11/h2-7H,1H3. The zero-order valence-electron chi connectivity index (χ0n) is 8.54. The topological polar surface area (TPSA) is 43.1 Å². The smallest absolute Gasteiger partial charge is 0.258 e. The quantitative estimate of drug-likeness (QED) is 0.609. The molecule has 1 aromatic carbocycles. The van der Waals surface area contributed by atoms with Gasteiger partial charge in [-0.1, -0.05) is 29.5 Å². The average Bonchev–Trinajstić information content (AvgIpc) is 2.66. The minimum atomic E-state index is -0.339. The number of rotatable bonds is 3. The van der Waals surface area contributed by atoms with Gasteiger partial charge in [0, 0.05) is 11.0 Å². The summed E-state index contributed by atoms with van der Waals surface area (Å²) >= 11 is 2.84. The molecule has 0 amide bonds. The van der Waals surface area contributed by atoms with Crippen LogP contribution in [0.25, 0.3) is 0 Å². The van der Waals surface area contributed by atoms with Gasteiger partial charge in [0.15, 0.2) is 0 Å². The van der Waals surface area contributed by atoms with Crippen molar-refractivity contribution in [2.45, 2.75) is 16.0 Å². The lowest BCUT2D eigenvalue weighted by Gasteiger charge is -1.99. The van der Waals surface area contributed by atoms with E-state index in [4.69, 9.17) is 0 Å². The lowest BCUT2D eigenvalue weighted by molar-refractivity contribution is -0.387. The molecule has 16 heavy (non-hydrogen) atoms. The first-order valence-electron chi connectivity index (χ1n) is 4.63. The molecule has 0 aliphatic rings. The Kier molecular flexibility index (Phi) is 3.26. The minimum Gasteiger partial charge on any atom is -0.258 e. The molecule has 2 aromatic rings. The molecular weight excluding hydrogens is 242 g/mol. The number of aryl methyl sites for hydroxylation is 1. The van der Waals surface area contributed by atoms with E-state index in [0.29, 0.717) is 0 Å². The predicted octanol–water partition coefficient (Wildman–Crippen LogP) is 4.12. The fourth-order valence-corrected chi connectivity index (χ4v) is 3.37. The normalized spacial score (nSPS) is 10.3. The second-order valence-electron chi connectivity index (χ2n) is 3.27. The highest BCUT2D eigenvalue weighted by molar-refractivity contribution is 8.01. The summed E-state index contributed by atoms with van der Waals surface area (Å²) in [5, 5.41) is 12.5. The van der Waals surface area contributed by atoms with Gasteiger partial charge >= 0.3 is 0 Å². The summed E-state index contributed by atoms with van der Waals surface area (Å²) < 4.78 is 0.732. The fourth-order valence-electron chi connectivity index (χ4n) is 1.29. The second-order valence-corrected chi connectivity index (χ2v) is 5.53. The van der Waals surface area contributed by atoms with Gasteiger partial charge in [-0.15, -0.1) is 11.3 Å². The Labute approximate surface area is 101 Å². The highest BCUT2D eigenvalue weighted by atomic mass is 32.2. The highest BCUT2D eigenvalue weighted by Crippen LogP contribution is 2.38. The average molecular weight is 251 g/mol. The van der Waals surface area contributed by atoms with Crippen molar-refractivity contribution >= 4 is 28.8 Å². The first-order chi connectivity index (χ1) is 7.66. The van der Waals surface area contributed by atoms with E-state index in [0.717, 1.165) is 14.7 Å². The van der Waals surface area contributed by atoms with Crippen LogP contribution < -0.4 is 0 Å². The van der Waals surface area contributed by atoms with Gasteiger partial charge in [-0.3, -0.25) is 10.1 Å². The second kappa shape index (κ2) is 4.67. The Balaban J connectivity index is 2.27. The molecule has 0 bridgehead atoms. The van der Waals surface area contributed by atoms with Gasteiger partial charge in [0.25, 0.3) is 5.69 Å². The number of nitrogens with zero attached hydrogens (tertiary/aromatic N) is 1. The molecule has 2 rings (SSSR count). The van der Waals surface area contributed by atoms with Crippen molar-refractivity contribution in [3.05, 3.63) is 51.4 Å². The first kappa shape index (κ1) is 11.2. The van der Waals surface area contributed by atoms with Crippen LogP contribution in [0, 0.1) is 17.0 Å².